The van der Waals surface area contributed by atoms with Crippen molar-refractivity contribution < 1.29 is 0 Å². The van der Waals surface area contributed by atoms with E-state index in [9.17, 15) is 0 Å². The number of rotatable bonds is 11. The van der Waals surface area contributed by atoms with Crippen LogP contribution in [-0.2, 0) is 0 Å². The van der Waals surface area contributed by atoms with Crippen LogP contribution in [0.1, 0.15) is 65.7 Å². The molecule has 96 valence electrons. The first-order chi connectivity index (χ1) is 7.70. The second-order valence-corrected chi connectivity index (χ2v) is 5.12. The first-order valence-electron chi connectivity index (χ1n) is 7.05. The summed E-state index contributed by atoms with van der Waals surface area (Å²) >= 11 is 0. The quantitative estimate of drug-likeness (QED) is 0.402. The van der Waals surface area contributed by atoms with E-state index in [1.54, 1.807) is 0 Å². The van der Waals surface area contributed by atoms with Gasteiger partial charge in [0.1, 0.15) is 0 Å². The van der Waals surface area contributed by atoms with E-state index < -0.39 is 0 Å². The molecule has 0 spiro atoms. The number of allylic oxidation sites excluding steroid dienone is 1. The Bertz CT molecular complexity index is 154. The molecule has 0 aliphatic heterocycles. The van der Waals surface area contributed by atoms with Gasteiger partial charge >= 0.3 is 0 Å². The van der Waals surface area contributed by atoms with Crippen molar-refractivity contribution in [3.8, 4) is 0 Å². The van der Waals surface area contributed by atoms with Crippen LogP contribution in [0.3, 0.4) is 0 Å². The summed E-state index contributed by atoms with van der Waals surface area (Å²) in [5.74, 6) is 0.864. The van der Waals surface area contributed by atoms with E-state index in [0.29, 0.717) is 6.04 Å². The fourth-order valence-electron chi connectivity index (χ4n) is 2.15. The molecule has 0 aromatic heterocycles. The van der Waals surface area contributed by atoms with Gasteiger partial charge in [-0.3, -0.25) is 0 Å². The molecule has 0 rings (SSSR count). The third-order valence-corrected chi connectivity index (χ3v) is 3.10. The molecule has 0 aromatic rings. The average Bonchev–Trinajstić information content (AvgIpc) is 2.26. The van der Waals surface area contributed by atoms with Crippen LogP contribution in [0.4, 0.5) is 0 Å². The molecule has 0 bridgehead atoms. The molecule has 0 aliphatic rings. The van der Waals surface area contributed by atoms with Gasteiger partial charge in [0.25, 0.3) is 0 Å². The molecule has 16 heavy (non-hydrogen) atoms. The van der Waals surface area contributed by atoms with Gasteiger partial charge in [-0.05, 0) is 45.1 Å². The lowest BCUT2D eigenvalue weighted by Crippen LogP contribution is -2.28. The fourth-order valence-corrected chi connectivity index (χ4v) is 2.15. The molecule has 0 fully saturated rings. The summed E-state index contributed by atoms with van der Waals surface area (Å²) in [4.78, 5) is 0. The highest BCUT2D eigenvalue weighted by molar-refractivity contribution is 4.67. The lowest BCUT2D eigenvalue weighted by Gasteiger charge is -2.18. The van der Waals surface area contributed by atoms with E-state index in [0.717, 1.165) is 12.5 Å². The molecule has 0 saturated carbocycles. The lowest BCUT2D eigenvalue weighted by molar-refractivity contribution is 0.390. The molecule has 1 heteroatoms. The molecule has 0 aliphatic carbocycles. The zero-order chi connectivity index (χ0) is 12.2. The van der Waals surface area contributed by atoms with Crippen molar-refractivity contribution in [2.75, 3.05) is 6.54 Å². The van der Waals surface area contributed by atoms with Crippen LogP contribution in [0, 0.1) is 5.92 Å². The second-order valence-electron chi connectivity index (χ2n) is 5.12. The molecule has 1 nitrogen and oxygen atoms in total. The number of hydrogen-bond acceptors (Lipinski definition) is 1. The normalized spacial score (nSPS) is 14.7. The highest BCUT2D eigenvalue weighted by Gasteiger charge is 2.07. The summed E-state index contributed by atoms with van der Waals surface area (Å²) < 4.78 is 0. The summed E-state index contributed by atoms with van der Waals surface area (Å²) in [6, 6.07) is 0.683. The number of unbranched alkanes of at least 4 members (excludes halogenated alkanes) is 3. The van der Waals surface area contributed by atoms with Crippen LogP contribution >= 0.6 is 0 Å². The Morgan fingerprint density at radius 2 is 1.94 bits per heavy atom. The topological polar surface area (TPSA) is 12.0 Å². The summed E-state index contributed by atoms with van der Waals surface area (Å²) in [7, 11) is 0. The van der Waals surface area contributed by atoms with Crippen molar-refractivity contribution in [2.45, 2.75) is 71.8 Å². The molecule has 0 radical (unpaired) electrons. The lowest BCUT2D eigenvalue weighted by atomic mass is 9.96. The van der Waals surface area contributed by atoms with Crippen LogP contribution in [0.15, 0.2) is 12.7 Å². The standard InChI is InChI=1S/C15H31N/c1-5-7-8-9-10-11-14(3)13-15(4)16-12-6-2/h5,14-16H,1,6-13H2,2-4H3. The molecule has 2 unspecified atom stereocenters. The van der Waals surface area contributed by atoms with Gasteiger partial charge in [-0.25, -0.2) is 0 Å². The van der Waals surface area contributed by atoms with E-state index in [1.807, 2.05) is 6.08 Å². The van der Waals surface area contributed by atoms with Crippen molar-refractivity contribution in [3.05, 3.63) is 12.7 Å². The van der Waals surface area contributed by atoms with Crippen molar-refractivity contribution in [1.29, 1.82) is 0 Å². The van der Waals surface area contributed by atoms with Crippen molar-refractivity contribution in [1.82, 2.24) is 5.32 Å². The van der Waals surface area contributed by atoms with E-state index >= 15 is 0 Å². The van der Waals surface area contributed by atoms with Crippen molar-refractivity contribution >= 4 is 0 Å². The van der Waals surface area contributed by atoms with E-state index in [1.165, 1.54) is 44.9 Å². The molecular weight excluding hydrogens is 194 g/mol. The Morgan fingerprint density at radius 3 is 2.56 bits per heavy atom. The molecule has 1 N–H and O–H groups in total. The number of hydrogen-bond donors (Lipinski definition) is 1. The Balaban J connectivity index is 3.35. The monoisotopic (exact) mass is 225 g/mol. The molecule has 0 amide bonds. The van der Waals surface area contributed by atoms with Crippen LogP contribution < -0.4 is 5.32 Å². The Morgan fingerprint density at radius 1 is 1.19 bits per heavy atom. The van der Waals surface area contributed by atoms with Gasteiger partial charge in [0.05, 0.1) is 0 Å². The Kier molecular flexibility index (Phi) is 11.0. The van der Waals surface area contributed by atoms with Crippen molar-refractivity contribution in [2.24, 2.45) is 5.92 Å². The average molecular weight is 225 g/mol. The summed E-state index contributed by atoms with van der Waals surface area (Å²) in [5, 5.41) is 3.56. The van der Waals surface area contributed by atoms with Gasteiger partial charge in [0, 0.05) is 6.04 Å². The predicted octanol–water partition coefficient (Wildman–Crippen LogP) is 4.54. The molecular formula is C15H31N. The zero-order valence-electron chi connectivity index (χ0n) is 11.6. The highest BCUT2D eigenvalue weighted by atomic mass is 14.9. The van der Waals surface area contributed by atoms with Gasteiger partial charge < -0.3 is 5.32 Å². The summed E-state index contributed by atoms with van der Waals surface area (Å²) in [5.41, 5.74) is 0. The number of nitrogens with one attached hydrogen (secondary N) is 1. The second kappa shape index (κ2) is 11.2. The molecule has 2 atom stereocenters. The van der Waals surface area contributed by atoms with Crippen LogP contribution in [0.5, 0.6) is 0 Å². The summed E-state index contributed by atoms with van der Waals surface area (Å²) in [6.07, 6.45) is 11.2. The largest absolute Gasteiger partial charge is 0.314 e. The van der Waals surface area contributed by atoms with Gasteiger partial charge in [0.2, 0.25) is 0 Å². The summed E-state index contributed by atoms with van der Waals surface area (Å²) in [6.45, 7) is 11.8. The van der Waals surface area contributed by atoms with E-state index in [-0.39, 0.29) is 0 Å². The van der Waals surface area contributed by atoms with Gasteiger partial charge in [-0.1, -0.05) is 39.2 Å². The van der Waals surface area contributed by atoms with Crippen LogP contribution in [-0.4, -0.2) is 12.6 Å². The Labute approximate surface area is 103 Å². The maximum absolute atomic E-state index is 3.75. The third-order valence-electron chi connectivity index (χ3n) is 3.10. The molecule has 0 heterocycles. The third kappa shape index (κ3) is 10.2. The minimum atomic E-state index is 0.683. The highest BCUT2D eigenvalue weighted by Crippen LogP contribution is 2.15. The van der Waals surface area contributed by atoms with Gasteiger partial charge in [-0.2, -0.15) is 0 Å². The van der Waals surface area contributed by atoms with Crippen LogP contribution in [0.2, 0.25) is 0 Å². The minimum absolute atomic E-state index is 0.683. The van der Waals surface area contributed by atoms with E-state index in [2.05, 4.69) is 32.7 Å². The van der Waals surface area contributed by atoms with Gasteiger partial charge in [-0.15, -0.1) is 6.58 Å². The fraction of sp³-hybridized carbons (Fsp3) is 0.867. The first kappa shape index (κ1) is 15.7. The van der Waals surface area contributed by atoms with Gasteiger partial charge in [0.15, 0.2) is 0 Å². The maximum atomic E-state index is 3.75. The molecule has 0 aromatic carbocycles. The first-order valence-corrected chi connectivity index (χ1v) is 7.05. The van der Waals surface area contributed by atoms with E-state index in [4.69, 9.17) is 0 Å². The minimum Gasteiger partial charge on any atom is -0.314 e. The van der Waals surface area contributed by atoms with Crippen LogP contribution in [0.25, 0.3) is 0 Å². The Hall–Kier alpha value is -0.300. The zero-order valence-corrected chi connectivity index (χ0v) is 11.6. The SMILES string of the molecule is C=CCCCCCC(C)CC(C)NCCC. The molecule has 0 saturated heterocycles. The predicted molar refractivity (Wildman–Crippen MR) is 74.8 cm³/mol. The van der Waals surface area contributed by atoms with Crippen molar-refractivity contribution in [3.63, 3.8) is 0 Å². The maximum Gasteiger partial charge on any atom is 0.00412 e. The smallest absolute Gasteiger partial charge is 0.00412 e.